The number of aryl methyl sites for hydroxylation is 1. The highest BCUT2D eigenvalue weighted by Crippen LogP contribution is 2.27. The summed E-state index contributed by atoms with van der Waals surface area (Å²) in [6, 6.07) is 13.1. The molecule has 0 N–H and O–H groups in total. The van der Waals surface area contributed by atoms with Crippen LogP contribution >= 0.6 is 0 Å². The van der Waals surface area contributed by atoms with Gasteiger partial charge in [0, 0.05) is 12.8 Å². The molecule has 0 amide bonds. The summed E-state index contributed by atoms with van der Waals surface area (Å²) in [5, 5.41) is 0. The molecule has 2 aromatic rings. The highest BCUT2D eigenvalue weighted by molar-refractivity contribution is 7.92. The summed E-state index contributed by atoms with van der Waals surface area (Å²) in [7, 11) is -3.61. The summed E-state index contributed by atoms with van der Waals surface area (Å²) in [6.07, 6.45) is 2.73. The summed E-state index contributed by atoms with van der Waals surface area (Å²) < 4.78 is 28.1. The molecule has 132 valence electrons. The first kappa shape index (κ1) is 17.7. The molecular formula is C20H24N2O2S. The molecule has 0 saturated heterocycles. The molecule has 0 atom stereocenters. The molecule has 0 saturated carbocycles. The van der Waals surface area contributed by atoms with E-state index >= 15 is 0 Å². The zero-order valence-corrected chi connectivity index (χ0v) is 15.8. The van der Waals surface area contributed by atoms with Crippen LogP contribution in [0, 0.1) is 5.92 Å². The van der Waals surface area contributed by atoms with Crippen LogP contribution in [0.3, 0.4) is 0 Å². The minimum Gasteiger partial charge on any atom is -0.288 e. The molecule has 0 fully saturated rings. The smallest absolute Gasteiger partial charge is 0.264 e. The standard InChI is InChI=1S/C20H24N2O2S/c1-4-16-5-8-19(9-6-16)22(14-15(2)3)25(23,24)20-10-7-17-12-21-13-18(17)11-20/h5-12,15H,4,13-14H2,1-3H3. The molecule has 0 aromatic heterocycles. The van der Waals surface area contributed by atoms with E-state index < -0.39 is 10.0 Å². The molecule has 25 heavy (non-hydrogen) atoms. The Morgan fingerprint density at radius 3 is 2.48 bits per heavy atom. The van der Waals surface area contributed by atoms with E-state index in [1.54, 1.807) is 18.3 Å². The Bertz CT molecular complexity index is 884. The molecule has 1 aliphatic rings. The van der Waals surface area contributed by atoms with Crippen molar-refractivity contribution in [3.8, 4) is 0 Å². The first-order chi connectivity index (χ1) is 11.9. The largest absolute Gasteiger partial charge is 0.288 e. The van der Waals surface area contributed by atoms with Gasteiger partial charge in [-0.15, -0.1) is 0 Å². The van der Waals surface area contributed by atoms with Crippen molar-refractivity contribution >= 4 is 21.9 Å². The van der Waals surface area contributed by atoms with Crippen molar-refractivity contribution in [1.82, 2.24) is 0 Å². The molecule has 4 nitrogen and oxygen atoms in total. The van der Waals surface area contributed by atoms with E-state index in [4.69, 9.17) is 0 Å². The van der Waals surface area contributed by atoms with Crippen molar-refractivity contribution in [1.29, 1.82) is 0 Å². The van der Waals surface area contributed by atoms with Crippen LogP contribution in [-0.2, 0) is 23.0 Å². The van der Waals surface area contributed by atoms with E-state index in [1.807, 2.05) is 44.2 Å². The molecule has 1 aliphatic heterocycles. The fourth-order valence-corrected chi connectivity index (χ4v) is 4.63. The van der Waals surface area contributed by atoms with Gasteiger partial charge in [-0.05, 0) is 53.3 Å². The van der Waals surface area contributed by atoms with Gasteiger partial charge < -0.3 is 0 Å². The Kier molecular flexibility index (Phi) is 4.95. The molecular weight excluding hydrogens is 332 g/mol. The predicted octanol–water partition coefficient (Wildman–Crippen LogP) is 4.03. The number of benzene rings is 2. The number of anilines is 1. The summed E-state index contributed by atoms with van der Waals surface area (Å²) in [5.74, 6) is 0.221. The maximum atomic E-state index is 13.3. The Labute approximate surface area is 150 Å². The van der Waals surface area contributed by atoms with Gasteiger partial charge in [-0.3, -0.25) is 9.30 Å². The fourth-order valence-electron chi connectivity index (χ4n) is 2.95. The van der Waals surface area contributed by atoms with Gasteiger partial charge in [0.1, 0.15) is 0 Å². The minimum absolute atomic E-state index is 0.221. The number of aliphatic imine (C=N–C) groups is 1. The van der Waals surface area contributed by atoms with Crippen molar-refractivity contribution in [3.63, 3.8) is 0 Å². The van der Waals surface area contributed by atoms with Crippen LogP contribution in [0.15, 0.2) is 52.4 Å². The summed E-state index contributed by atoms with van der Waals surface area (Å²) >= 11 is 0. The molecule has 0 radical (unpaired) electrons. The van der Waals surface area contributed by atoms with Crippen molar-refractivity contribution < 1.29 is 8.42 Å². The number of nitrogens with zero attached hydrogens (tertiary/aromatic N) is 2. The highest BCUT2D eigenvalue weighted by Gasteiger charge is 2.26. The lowest BCUT2D eigenvalue weighted by Crippen LogP contribution is -2.34. The van der Waals surface area contributed by atoms with Crippen LogP contribution in [0.5, 0.6) is 0 Å². The van der Waals surface area contributed by atoms with E-state index in [2.05, 4.69) is 11.9 Å². The quantitative estimate of drug-likeness (QED) is 0.784. The van der Waals surface area contributed by atoms with Crippen LogP contribution in [-0.4, -0.2) is 21.2 Å². The number of sulfonamides is 1. The Balaban J connectivity index is 2.01. The zero-order chi connectivity index (χ0) is 18.0. The monoisotopic (exact) mass is 356 g/mol. The van der Waals surface area contributed by atoms with Gasteiger partial charge in [0.05, 0.1) is 17.1 Å². The summed E-state index contributed by atoms with van der Waals surface area (Å²) in [5.41, 5.74) is 3.87. The van der Waals surface area contributed by atoms with Crippen molar-refractivity contribution in [2.75, 3.05) is 10.8 Å². The van der Waals surface area contributed by atoms with Gasteiger partial charge in [-0.1, -0.05) is 39.0 Å². The van der Waals surface area contributed by atoms with Gasteiger partial charge in [-0.2, -0.15) is 0 Å². The molecule has 0 aliphatic carbocycles. The molecule has 0 spiro atoms. The van der Waals surface area contributed by atoms with Crippen LogP contribution < -0.4 is 4.31 Å². The van der Waals surface area contributed by atoms with E-state index in [0.717, 1.165) is 17.5 Å². The second kappa shape index (κ2) is 7.00. The summed E-state index contributed by atoms with van der Waals surface area (Å²) in [4.78, 5) is 4.54. The lowest BCUT2D eigenvalue weighted by atomic mass is 10.1. The third-order valence-corrected chi connectivity index (χ3v) is 6.15. The van der Waals surface area contributed by atoms with Crippen molar-refractivity contribution in [3.05, 3.63) is 59.2 Å². The maximum absolute atomic E-state index is 13.3. The lowest BCUT2D eigenvalue weighted by Gasteiger charge is -2.26. The summed E-state index contributed by atoms with van der Waals surface area (Å²) in [6.45, 7) is 7.14. The van der Waals surface area contributed by atoms with E-state index in [9.17, 15) is 8.42 Å². The van der Waals surface area contributed by atoms with E-state index in [1.165, 1.54) is 9.87 Å². The number of hydrogen-bond donors (Lipinski definition) is 0. The van der Waals surface area contributed by atoms with Gasteiger partial charge in [0.25, 0.3) is 10.0 Å². The van der Waals surface area contributed by atoms with E-state index in [0.29, 0.717) is 23.7 Å². The van der Waals surface area contributed by atoms with E-state index in [-0.39, 0.29) is 5.92 Å². The number of rotatable bonds is 6. The second-order valence-corrected chi connectivity index (χ2v) is 8.64. The third-order valence-electron chi connectivity index (χ3n) is 4.36. The fraction of sp³-hybridized carbons (Fsp3) is 0.350. The lowest BCUT2D eigenvalue weighted by molar-refractivity contribution is 0.577. The van der Waals surface area contributed by atoms with Gasteiger partial charge >= 0.3 is 0 Å². The topological polar surface area (TPSA) is 49.7 Å². The minimum atomic E-state index is -3.61. The van der Waals surface area contributed by atoms with Gasteiger partial charge in [0.15, 0.2) is 0 Å². The molecule has 3 rings (SSSR count). The average molecular weight is 356 g/mol. The SMILES string of the molecule is CCc1ccc(N(CC(C)C)S(=O)(=O)c2ccc3c(c2)CN=C3)cc1. The molecule has 1 heterocycles. The third kappa shape index (κ3) is 3.61. The zero-order valence-electron chi connectivity index (χ0n) is 14.9. The molecule has 2 aromatic carbocycles. The Hall–Kier alpha value is -2.14. The predicted molar refractivity (Wildman–Crippen MR) is 103 cm³/mol. The highest BCUT2D eigenvalue weighted by atomic mass is 32.2. The Morgan fingerprint density at radius 2 is 1.84 bits per heavy atom. The van der Waals surface area contributed by atoms with Gasteiger partial charge in [0.2, 0.25) is 0 Å². The number of hydrogen-bond acceptors (Lipinski definition) is 3. The first-order valence-corrected chi connectivity index (χ1v) is 10.1. The average Bonchev–Trinajstić information content (AvgIpc) is 3.07. The maximum Gasteiger partial charge on any atom is 0.264 e. The van der Waals surface area contributed by atoms with Gasteiger partial charge in [-0.25, -0.2) is 8.42 Å². The molecule has 0 bridgehead atoms. The van der Waals surface area contributed by atoms with Crippen LogP contribution in [0.4, 0.5) is 5.69 Å². The Morgan fingerprint density at radius 1 is 1.12 bits per heavy atom. The molecule has 0 unspecified atom stereocenters. The second-order valence-electron chi connectivity index (χ2n) is 6.78. The van der Waals surface area contributed by atoms with Crippen molar-refractivity contribution in [2.45, 2.75) is 38.6 Å². The first-order valence-electron chi connectivity index (χ1n) is 8.66. The van der Waals surface area contributed by atoms with Crippen LogP contribution in [0.2, 0.25) is 0 Å². The molecule has 5 heteroatoms. The van der Waals surface area contributed by atoms with Crippen LogP contribution in [0.25, 0.3) is 0 Å². The normalized spacial score (nSPS) is 13.3. The van der Waals surface area contributed by atoms with Crippen LogP contribution in [0.1, 0.15) is 37.5 Å². The van der Waals surface area contributed by atoms with Crippen molar-refractivity contribution in [2.24, 2.45) is 10.9 Å². The number of fused-ring (bicyclic) bond motifs is 1.